The number of aryl methyl sites for hydroxylation is 1. The molecule has 1 aliphatic rings. The Morgan fingerprint density at radius 1 is 1.40 bits per heavy atom. The zero-order valence-corrected chi connectivity index (χ0v) is 14.1. The fourth-order valence-corrected chi connectivity index (χ4v) is 2.95. The molecule has 0 bridgehead atoms. The van der Waals surface area contributed by atoms with E-state index in [4.69, 9.17) is 0 Å². The van der Waals surface area contributed by atoms with E-state index in [2.05, 4.69) is 55.6 Å². The minimum atomic E-state index is 0.595. The third kappa shape index (κ3) is 4.42. The molecule has 1 atom stereocenters. The maximum absolute atomic E-state index is 3.60. The molecule has 2 rings (SSSR count). The van der Waals surface area contributed by atoms with Gasteiger partial charge in [-0.25, -0.2) is 0 Å². The minimum Gasteiger partial charge on any atom is -0.372 e. The molecule has 1 aliphatic carbocycles. The van der Waals surface area contributed by atoms with E-state index >= 15 is 0 Å². The molecule has 1 saturated carbocycles. The number of benzene rings is 1. The number of anilines is 1. The summed E-state index contributed by atoms with van der Waals surface area (Å²) in [4.78, 5) is 2.40. The molecule has 2 nitrogen and oxygen atoms in total. The van der Waals surface area contributed by atoms with E-state index in [0.29, 0.717) is 6.04 Å². The van der Waals surface area contributed by atoms with Crippen molar-refractivity contribution in [2.45, 2.75) is 51.7 Å². The van der Waals surface area contributed by atoms with Gasteiger partial charge in [0.2, 0.25) is 0 Å². The molecule has 20 heavy (non-hydrogen) atoms. The smallest absolute Gasteiger partial charge is 0.0368 e. The minimum absolute atomic E-state index is 0.595. The van der Waals surface area contributed by atoms with Gasteiger partial charge < -0.3 is 10.2 Å². The average Bonchev–Trinajstić information content (AvgIpc) is 3.26. The van der Waals surface area contributed by atoms with Crippen molar-refractivity contribution in [3.8, 4) is 0 Å². The molecule has 1 N–H and O–H groups in total. The van der Waals surface area contributed by atoms with E-state index in [-0.39, 0.29) is 0 Å². The number of rotatable bonds is 8. The Bertz CT molecular complexity index is 429. The van der Waals surface area contributed by atoms with Crippen LogP contribution in [0.4, 0.5) is 5.69 Å². The van der Waals surface area contributed by atoms with Gasteiger partial charge in [-0.1, -0.05) is 6.07 Å². The maximum atomic E-state index is 3.60. The number of thioether (sulfide) groups is 1. The molecule has 1 unspecified atom stereocenters. The van der Waals surface area contributed by atoms with Gasteiger partial charge >= 0.3 is 0 Å². The standard InChI is InChI=1S/C17H28N2S/c1-13-11-17(19(3)14(2)9-10-20-4)8-5-15(13)12-18-16-6-7-16/h5,8,11,14,16,18H,6-7,9-10,12H2,1-4H3. The molecule has 0 radical (unpaired) electrons. The topological polar surface area (TPSA) is 15.3 Å². The summed E-state index contributed by atoms with van der Waals surface area (Å²) in [6.07, 6.45) is 6.12. The lowest BCUT2D eigenvalue weighted by Crippen LogP contribution is -2.29. The summed E-state index contributed by atoms with van der Waals surface area (Å²) < 4.78 is 0. The third-order valence-electron chi connectivity index (χ3n) is 4.29. The fourth-order valence-electron chi connectivity index (χ4n) is 2.38. The Hall–Kier alpha value is -0.670. The van der Waals surface area contributed by atoms with Gasteiger partial charge in [-0.05, 0) is 68.4 Å². The van der Waals surface area contributed by atoms with E-state index in [9.17, 15) is 0 Å². The second-order valence-corrected chi connectivity index (χ2v) is 6.99. The lowest BCUT2D eigenvalue weighted by atomic mass is 10.1. The van der Waals surface area contributed by atoms with Gasteiger partial charge in [0, 0.05) is 31.4 Å². The first-order valence-electron chi connectivity index (χ1n) is 7.66. The van der Waals surface area contributed by atoms with E-state index in [0.717, 1.165) is 12.6 Å². The van der Waals surface area contributed by atoms with Gasteiger partial charge in [0.05, 0.1) is 0 Å². The van der Waals surface area contributed by atoms with Crippen molar-refractivity contribution >= 4 is 17.4 Å². The largest absolute Gasteiger partial charge is 0.372 e. The molecule has 0 spiro atoms. The quantitative estimate of drug-likeness (QED) is 0.784. The van der Waals surface area contributed by atoms with Crippen molar-refractivity contribution in [3.05, 3.63) is 29.3 Å². The molecule has 3 heteroatoms. The van der Waals surface area contributed by atoms with Gasteiger partial charge in [0.1, 0.15) is 0 Å². The summed E-state index contributed by atoms with van der Waals surface area (Å²) >= 11 is 1.93. The number of hydrogen-bond acceptors (Lipinski definition) is 3. The highest BCUT2D eigenvalue weighted by Gasteiger charge is 2.20. The van der Waals surface area contributed by atoms with Crippen LogP contribution in [0.5, 0.6) is 0 Å². The highest BCUT2D eigenvalue weighted by molar-refractivity contribution is 7.98. The van der Waals surface area contributed by atoms with Crippen LogP contribution in [0.15, 0.2) is 18.2 Å². The van der Waals surface area contributed by atoms with Crippen molar-refractivity contribution in [2.24, 2.45) is 0 Å². The molecule has 0 aliphatic heterocycles. The second kappa shape index (κ2) is 7.37. The van der Waals surface area contributed by atoms with Crippen LogP contribution in [0, 0.1) is 6.92 Å². The molecule has 1 fully saturated rings. The maximum Gasteiger partial charge on any atom is 0.0368 e. The molecule has 0 heterocycles. The number of hydrogen-bond donors (Lipinski definition) is 1. The fraction of sp³-hybridized carbons (Fsp3) is 0.647. The van der Waals surface area contributed by atoms with Crippen LogP contribution in [0.2, 0.25) is 0 Å². The van der Waals surface area contributed by atoms with Gasteiger partial charge in [-0.3, -0.25) is 0 Å². The monoisotopic (exact) mass is 292 g/mol. The Balaban J connectivity index is 1.95. The van der Waals surface area contributed by atoms with Crippen LogP contribution in [0.25, 0.3) is 0 Å². The second-order valence-electron chi connectivity index (χ2n) is 6.01. The summed E-state index contributed by atoms with van der Waals surface area (Å²) in [5.74, 6) is 1.23. The number of nitrogens with one attached hydrogen (secondary N) is 1. The van der Waals surface area contributed by atoms with Crippen molar-refractivity contribution in [2.75, 3.05) is 24.0 Å². The molecule has 112 valence electrons. The Morgan fingerprint density at radius 3 is 2.75 bits per heavy atom. The summed E-state index contributed by atoms with van der Waals surface area (Å²) in [7, 11) is 2.21. The highest BCUT2D eigenvalue weighted by atomic mass is 32.2. The van der Waals surface area contributed by atoms with Crippen LogP contribution in [-0.4, -0.2) is 31.1 Å². The van der Waals surface area contributed by atoms with Gasteiger partial charge in [-0.2, -0.15) is 11.8 Å². The third-order valence-corrected chi connectivity index (χ3v) is 4.94. The van der Waals surface area contributed by atoms with Gasteiger partial charge in [-0.15, -0.1) is 0 Å². The van der Waals surface area contributed by atoms with Crippen LogP contribution in [0.3, 0.4) is 0 Å². The Morgan fingerprint density at radius 2 is 2.15 bits per heavy atom. The molecular formula is C17H28N2S. The lowest BCUT2D eigenvalue weighted by Gasteiger charge is -2.27. The van der Waals surface area contributed by atoms with Crippen LogP contribution >= 0.6 is 11.8 Å². The summed E-state index contributed by atoms with van der Waals surface area (Å²) in [5, 5.41) is 3.60. The predicted octanol–water partition coefficient (Wildman–Crippen LogP) is 3.82. The van der Waals surface area contributed by atoms with Crippen LogP contribution in [-0.2, 0) is 6.54 Å². The Labute approximate surface area is 128 Å². The van der Waals surface area contributed by atoms with Crippen LogP contribution in [0.1, 0.15) is 37.3 Å². The van der Waals surface area contributed by atoms with E-state index in [1.807, 2.05) is 11.8 Å². The first-order valence-corrected chi connectivity index (χ1v) is 9.06. The van der Waals surface area contributed by atoms with E-state index < -0.39 is 0 Å². The highest BCUT2D eigenvalue weighted by Crippen LogP contribution is 2.23. The normalized spacial score (nSPS) is 16.2. The first-order chi connectivity index (χ1) is 9.61. The summed E-state index contributed by atoms with van der Waals surface area (Å²) in [6, 6.07) is 8.27. The van der Waals surface area contributed by atoms with Crippen molar-refractivity contribution < 1.29 is 0 Å². The molecule has 0 aromatic heterocycles. The summed E-state index contributed by atoms with van der Waals surface area (Å²) in [6.45, 7) is 5.56. The Kier molecular flexibility index (Phi) is 5.79. The molecule has 1 aromatic rings. The SMILES string of the molecule is CSCCC(C)N(C)c1ccc(CNC2CC2)c(C)c1. The van der Waals surface area contributed by atoms with Crippen molar-refractivity contribution in [3.63, 3.8) is 0 Å². The van der Waals surface area contributed by atoms with Gasteiger partial charge in [0.25, 0.3) is 0 Å². The van der Waals surface area contributed by atoms with E-state index in [1.165, 1.54) is 41.8 Å². The van der Waals surface area contributed by atoms with Gasteiger partial charge in [0.15, 0.2) is 0 Å². The zero-order valence-electron chi connectivity index (χ0n) is 13.3. The molecule has 0 saturated heterocycles. The van der Waals surface area contributed by atoms with Crippen molar-refractivity contribution in [1.29, 1.82) is 0 Å². The predicted molar refractivity (Wildman–Crippen MR) is 91.9 cm³/mol. The average molecular weight is 292 g/mol. The summed E-state index contributed by atoms with van der Waals surface area (Å²) in [5.41, 5.74) is 4.18. The zero-order chi connectivity index (χ0) is 14.5. The molecule has 0 amide bonds. The molecule has 1 aromatic carbocycles. The van der Waals surface area contributed by atoms with Crippen molar-refractivity contribution in [1.82, 2.24) is 5.32 Å². The lowest BCUT2D eigenvalue weighted by molar-refractivity contribution is 0.667. The molecular weight excluding hydrogens is 264 g/mol. The first kappa shape index (κ1) is 15.7. The van der Waals surface area contributed by atoms with Crippen LogP contribution < -0.4 is 10.2 Å². The number of nitrogens with zero attached hydrogens (tertiary/aromatic N) is 1. The van der Waals surface area contributed by atoms with E-state index in [1.54, 1.807) is 0 Å².